The first-order chi connectivity index (χ1) is 5.79. The molecule has 1 heterocycles. The van der Waals surface area contributed by atoms with Gasteiger partial charge in [0, 0.05) is 8.07 Å². The van der Waals surface area contributed by atoms with Gasteiger partial charge in [-0.3, -0.25) is 0 Å². The maximum Gasteiger partial charge on any atom is 0.184 e. The summed E-state index contributed by atoms with van der Waals surface area (Å²) in [6, 6.07) is 0. The van der Waals surface area contributed by atoms with Crippen LogP contribution in [0.25, 0.3) is 0 Å². The van der Waals surface area contributed by atoms with Crippen LogP contribution in [-0.2, 0) is 9.16 Å². The topological polar surface area (TPSA) is 21.8 Å². The van der Waals surface area contributed by atoms with Crippen molar-refractivity contribution in [1.29, 1.82) is 0 Å². The van der Waals surface area contributed by atoms with Crippen molar-refractivity contribution in [2.75, 3.05) is 13.2 Å². The molecule has 1 rings (SSSR count). The zero-order valence-corrected chi connectivity index (χ0v) is 11.5. The number of epoxide rings is 1. The number of hydrogen-bond acceptors (Lipinski definition) is 2. The SMILES string of the molecule is C[Si](C)(C)C[Si](C)(C)OCC1CO1. The standard InChI is InChI=1S/C9H22O2Si2/c1-12(2,3)8-13(4,5)11-7-9-6-10-9/h9H,6-8H2,1-5H3. The highest BCUT2D eigenvalue weighted by molar-refractivity contribution is 6.92. The van der Waals surface area contributed by atoms with E-state index in [1.807, 2.05) is 0 Å². The van der Waals surface area contributed by atoms with E-state index in [9.17, 15) is 0 Å². The summed E-state index contributed by atoms with van der Waals surface area (Å²) < 4.78 is 11.1. The number of hydrogen-bond donors (Lipinski definition) is 0. The van der Waals surface area contributed by atoms with Crippen LogP contribution in [0.1, 0.15) is 0 Å². The van der Waals surface area contributed by atoms with Crippen LogP contribution in [-0.4, -0.2) is 35.7 Å². The molecule has 0 amide bonds. The maximum absolute atomic E-state index is 5.98. The fourth-order valence-electron chi connectivity index (χ4n) is 1.81. The first-order valence-electron chi connectivity index (χ1n) is 5.04. The molecule has 1 saturated heterocycles. The highest BCUT2D eigenvalue weighted by Gasteiger charge is 2.33. The Labute approximate surface area is 83.8 Å². The third-order valence-corrected chi connectivity index (χ3v) is 10.6. The summed E-state index contributed by atoms with van der Waals surface area (Å²) in [6.45, 7) is 13.7. The lowest BCUT2D eigenvalue weighted by atomic mass is 10.5. The average molecular weight is 218 g/mol. The molecule has 0 spiro atoms. The van der Waals surface area contributed by atoms with E-state index in [0.717, 1.165) is 13.2 Å². The summed E-state index contributed by atoms with van der Waals surface area (Å²) >= 11 is 0. The van der Waals surface area contributed by atoms with Crippen LogP contribution in [0.2, 0.25) is 38.4 Å². The molecule has 0 aromatic heterocycles. The molecule has 0 aromatic carbocycles. The third kappa shape index (κ3) is 5.62. The van der Waals surface area contributed by atoms with Crippen molar-refractivity contribution in [3.8, 4) is 0 Å². The summed E-state index contributed by atoms with van der Waals surface area (Å²) in [5, 5.41) is 0. The van der Waals surface area contributed by atoms with Gasteiger partial charge in [0.25, 0.3) is 0 Å². The molecule has 13 heavy (non-hydrogen) atoms. The average Bonchev–Trinajstić information content (AvgIpc) is 2.59. The molecule has 1 unspecified atom stereocenters. The fourth-order valence-corrected chi connectivity index (χ4v) is 13.1. The minimum Gasteiger partial charge on any atom is -0.415 e. The van der Waals surface area contributed by atoms with Crippen molar-refractivity contribution >= 4 is 16.4 Å². The van der Waals surface area contributed by atoms with E-state index in [0.29, 0.717) is 6.10 Å². The Hall–Kier alpha value is 0.354. The second kappa shape index (κ2) is 3.84. The second-order valence-corrected chi connectivity index (χ2v) is 16.1. The lowest BCUT2D eigenvalue weighted by molar-refractivity contribution is 0.256. The normalized spacial score (nSPS) is 23.3. The van der Waals surface area contributed by atoms with E-state index >= 15 is 0 Å². The van der Waals surface area contributed by atoms with Crippen LogP contribution in [0.15, 0.2) is 0 Å². The first kappa shape index (κ1) is 11.4. The van der Waals surface area contributed by atoms with Crippen molar-refractivity contribution < 1.29 is 9.16 Å². The molecule has 4 heteroatoms. The van der Waals surface area contributed by atoms with Gasteiger partial charge in [0.05, 0.1) is 13.2 Å². The highest BCUT2D eigenvalue weighted by Crippen LogP contribution is 2.22. The predicted octanol–water partition coefficient (Wildman–Crippen LogP) is 2.48. The van der Waals surface area contributed by atoms with Crippen LogP contribution in [0, 0.1) is 0 Å². The van der Waals surface area contributed by atoms with E-state index in [1.54, 1.807) is 0 Å². The van der Waals surface area contributed by atoms with Gasteiger partial charge >= 0.3 is 0 Å². The van der Waals surface area contributed by atoms with Gasteiger partial charge in [0.2, 0.25) is 0 Å². The van der Waals surface area contributed by atoms with Gasteiger partial charge in [-0.2, -0.15) is 0 Å². The van der Waals surface area contributed by atoms with Gasteiger partial charge in [-0.25, -0.2) is 0 Å². The molecule has 0 N–H and O–H groups in total. The molecule has 1 aliphatic heterocycles. The van der Waals surface area contributed by atoms with Crippen LogP contribution >= 0.6 is 0 Å². The zero-order valence-electron chi connectivity index (χ0n) is 9.52. The molecule has 78 valence electrons. The number of ether oxygens (including phenoxy) is 1. The molecule has 0 bridgehead atoms. The van der Waals surface area contributed by atoms with Gasteiger partial charge in [-0.15, -0.1) is 0 Å². The van der Waals surface area contributed by atoms with Crippen LogP contribution in [0.4, 0.5) is 0 Å². The summed E-state index contributed by atoms with van der Waals surface area (Å²) in [5.74, 6) is 0. The Kier molecular flexibility index (Phi) is 3.38. The molecule has 0 saturated carbocycles. The molecule has 1 aliphatic rings. The monoisotopic (exact) mass is 218 g/mol. The van der Waals surface area contributed by atoms with E-state index in [1.165, 1.54) is 5.67 Å². The van der Waals surface area contributed by atoms with E-state index in [4.69, 9.17) is 9.16 Å². The van der Waals surface area contributed by atoms with Crippen molar-refractivity contribution in [3.63, 3.8) is 0 Å². The number of rotatable bonds is 5. The predicted molar refractivity (Wildman–Crippen MR) is 61.3 cm³/mol. The highest BCUT2D eigenvalue weighted by atomic mass is 28.4. The van der Waals surface area contributed by atoms with Crippen molar-refractivity contribution in [2.45, 2.75) is 44.5 Å². The second-order valence-electron chi connectivity index (χ2n) is 5.76. The first-order valence-corrected chi connectivity index (χ1v) is 11.9. The largest absolute Gasteiger partial charge is 0.415 e. The molecule has 0 aromatic rings. The van der Waals surface area contributed by atoms with Crippen molar-refractivity contribution in [3.05, 3.63) is 0 Å². The molecule has 1 atom stereocenters. The van der Waals surface area contributed by atoms with Gasteiger partial charge in [0.15, 0.2) is 8.32 Å². The molecule has 2 nitrogen and oxygen atoms in total. The quantitative estimate of drug-likeness (QED) is 0.522. The summed E-state index contributed by atoms with van der Waals surface area (Å²) in [6.07, 6.45) is 0.424. The minimum absolute atomic E-state index is 0.424. The zero-order chi connectivity index (χ0) is 10.1. The molecular weight excluding hydrogens is 196 g/mol. The van der Waals surface area contributed by atoms with Crippen molar-refractivity contribution in [2.24, 2.45) is 0 Å². The summed E-state index contributed by atoms with van der Waals surface area (Å²) in [5.41, 5.74) is 1.35. The van der Waals surface area contributed by atoms with Crippen molar-refractivity contribution in [1.82, 2.24) is 0 Å². The third-order valence-electron chi connectivity index (χ3n) is 2.02. The Morgan fingerprint density at radius 3 is 2.15 bits per heavy atom. The minimum atomic E-state index is -1.38. The Morgan fingerprint density at radius 2 is 1.77 bits per heavy atom. The van der Waals surface area contributed by atoms with Crippen LogP contribution in [0.3, 0.4) is 0 Å². The lowest BCUT2D eigenvalue weighted by Crippen LogP contribution is -2.40. The summed E-state index contributed by atoms with van der Waals surface area (Å²) in [7, 11) is -2.33. The van der Waals surface area contributed by atoms with Gasteiger partial charge < -0.3 is 9.16 Å². The Bertz CT molecular complexity index is 171. The maximum atomic E-state index is 5.98. The van der Waals surface area contributed by atoms with Gasteiger partial charge in [-0.05, 0) is 18.8 Å². The van der Waals surface area contributed by atoms with Gasteiger partial charge in [-0.1, -0.05) is 19.6 Å². The Balaban J connectivity index is 2.26. The van der Waals surface area contributed by atoms with E-state index < -0.39 is 16.4 Å². The van der Waals surface area contributed by atoms with Crippen LogP contribution in [0.5, 0.6) is 0 Å². The molecule has 1 fully saturated rings. The fraction of sp³-hybridized carbons (Fsp3) is 1.00. The smallest absolute Gasteiger partial charge is 0.184 e. The Morgan fingerprint density at radius 1 is 1.23 bits per heavy atom. The van der Waals surface area contributed by atoms with E-state index in [2.05, 4.69) is 32.7 Å². The molecule has 0 aliphatic carbocycles. The van der Waals surface area contributed by atoms with Crippen LogP contribution < -0.4 is 0 Å². The van der Waals surface area contributed by atoms with E-state index in [-0.39, 0.29) is 0 Å². The lowest BCUT2D eigenvalue weighted by Gasteiger charge is -2.29. The molecule has 0 radical (unpaired) electrons. The summed E-state index contributed by atoms with van der Waals surface area (Å²) in [4.78, 5) is 0. The molecular formula is C9H22O2Si2. The van der Waals surface area contributed by atoms with Gasteiger partial charge in [0.1, 0.15) is 6.10 Å².